The van der Waals surface area contributed by atoms with Crippen molar-refractivity contribution in [1.82, 2.24) is 25.1 Å². The summed E-state index contributed by atoms with van der Waals surface area (Å²) in [5.41, 5.74) is 0.385. The second kappa shape index (κ2) is 15.6. The predicted octanol–water partition coefficient (Wildman–Crippen LogP) is 2.49. The van der Waals surface area contributed by atoms with Gasteiger partial charge in [0.15, 0.2) is 5.69 Å². The van der Waals surface area contributed by atoms with E-state index in [4.69, 9.17) is 19.0 Å². The summed E-state index contributed by atoms with van der Waals surface area (Å²) in [5, 5.41) is 17.8. The number of carbonyl (C=O) groups is 5. The molecule has 0 radical (unpaired) electrons. The van der Waals surface area contributed by atoms with Gasteiger partial charge in [0.2, 0.25) is 17.4 Å². The van der Waals surface area contributed by atoms with E-state index >= 15 is 0 Å². The Kier molecular flexibility index (Phi) is 11.6. The fraction of sp³-hybridized carbons (Fsp3) is 0.548. The number of aliphatic carboxylic acids is 1. The number of ether oxygens (including phenoxy) is 3. The van der Waals surface area contributed by atoms with Crippen LogP contribution in [0.4, 0.5) is 4.79 Å². The van der Waals surface area contributed by atoms with Gasteiger partial charge in [-0.3, -0.25) is 14.4 Å². The van der Waals surface area contributed by atoms with E-state index in [1.165, 1.54) is 20.7 Å². The predicted molar refractivity (Wildman–Crippen MR) is 161 cm³/mol. The zero-order valence-corrected chi connectivity index (χ0v) is 26.4. The van der Waals surface area contributed by atoms with Crippen molar-refractivity contribution in [3.05, 3.63) is 41.6 Å². The molecule has 1 atom stereocenters. The summed E-state index contributed by atoms with van der Waals surface area (Å²) >= 11 is 0. The number of aryl methyl sites for hydroxylation is 1. The van der Waals surface area contributed by atoms with Gasteiger partial charge in [0.1, 0.15) is 6.04 Å². The van der Waals surface area contributed by atoms with E-state index < -0.39 is 41.6 Å². The van der Waals surface area contributed by atoms with Crippen LogP contribution in [-0.2, 0) is 35.1 Å². The molecule has 2 aliphatic rings. The van der Waals surface area contributed by atoms with Gasteiger partial charge in [-0.25, -0.2) is 14.3 Å². The third-order valence-corrected chi connectivity index (χ3v) is 7.87. The molecule has 2 aromatic rings. The lowest BCUT2D eigenvalue weighted by Gasteiger charge is -2.38. The van der Waals surface area contributed by atoms with Crippen LogP contribution in [-0.4, -0.2) is 106 Å². The Morgan fingerprint density at radius 3 is 2.22 bits per heavy atom. The second-order valence-electron chi connectivity index (χ2n) is 11.0. The lowest BCUT2D eigenvalue weighted by molar-refractivity contribution is -0.170. The minimum Gasteiger partial charge on any atom is -0.481 e. The van der Waals surface area contributed by atoms with E-state index in [0.29, 0.717) is 18.5 Å². The maximum atomic E-state index is 13.6. The summed E-state index contributed by atoms with van der Waals surface area (Å²) < 4.78 is 17.7. The zero-order valence-electron chi connectivity index (χ0n) is 26.4. The summed E-state index contributed by atoms with van der Waals surface area (Å²) in [5.74, 6) is -2.67. The molecule has 15 heteroatoms. The largest absolute Gasteiger partial charge is 0.527 e. The standard InChI is InChI=1S/C31H41N5O10/c1-4-21-8-10-22(11-9-21)36-25(45-31(14-7-15-31)29(41)43-5-2)20-24(33-36)27(39)32-23(12-13-26(37)38)28(40)34-16-18-35(19-17-34)46-30(42)44-6-3/h8-11,20,23H,4-7,12-19H2,1-3H3,(H,32,39)(H,37,38)/t23-/m0/s1. The molecule has 250 valence electrons. The molecule has 2 N–H and O–H groups in total. The Morgan fingerprint density at radius 1 is 0.978 bits per heavy atom. The van der Waals surface area contributed by atoms with Crippen molar-refractivity contribution >= 4 is 29.9 Å². The lowest BCUT2D eigenvalue weighted by atomic mass is 9.80. The van der Waals surface area contributed by atoms with E-state index in [2.05, 4.69) is 10.4 Å². The number of carbonyl (C=O) groups excluding carboxylic acids is 4. The topological polar surface area (TPSA) is 179 Å². The number of amides is 2. The maximum Gasteiger partial charge on any atom is 0.527 e. The summed E-state index contributed by atoms with van der Waals surface area (Å²) in [6, 6.07) is 7.71. The Morgan fingerprint density at radius 2 is 1.65 bits per heavy atom. The third kappa shape index (κ3) is 8.33. The molecule has 1 aromatic carbocycles. The molecule has 4 rings (SSSR count). The minimum atomic E-state index is -1.20. The first kappa shape index (κ1) is 34.2. The van der Waals surface area contributed by atoms with Gasteiger partial charge in [-0.1, -0.05) is 19.1 Å². The summed E-state index contributed by atoms with van der Waals surface area (Å²) in [6.07, 6.45) is 1.10. The van der Waals surface area contributed by atoms with Gasteiger partial charge < -0.3 is 34.4 Å². The van der Waals surface area contributed by atoms with Gasteiger partial charge in [-0.2, -0.15) is 5.10 Å². The fourth-order valence-electron chi connectivity index (χ4n) is 5.14. The van der Waals surface area contributed by atoms with E-state index in [0.717, 1.165) is 18.4 Å². The molecule has 2 fully saturated rings. The average Bonchev–Trinajstić information content (AvgIpc) is 3.45. The second-order valence-corrected chi connectivity index (χ2v) is 11.0. The number of nitrogens with one attached hydrogen (secondary N) is 1. The molecule has 0 spiro atoms. The Labute approximate surface area is 266 Å². The quantitative estimate of drug-likeness (QED) is 0.288. The highest BCUT2D eigenvalue weighted by atomic mass is 16.8. The van der Waals surface area contributed by atoms with Crippen LogP contribution < -0.4 is 10.1 Å². The van der Waals surface area contributed by atoms with Crippen LogP contribution in [0, 0.1) is 0 Å². The van der Waals surface area contributed by atoms with Gasteiger partial charge >= 0.3 is 18.1 Å². The molecule has 15 nitrogen and oxygen atoms in total. The molecular weight excluding hydrogens is 602 g/mol. The van der Waals surface area contributed by atoms with E-state index in [-0.39, 0.29) is 63.8 Å². The van der Waals surface area contributed by atoms with Gasteiger partial charge in [-0.05, 0) is 63.6 Å². The van der Waals surface area contributed by atoms with Gasteiger partial charge in [0.05, 0.1) is 32.0 Å². The molecule has 1 saturated carbocycles. The number of benzene rings is 1. The highest BCUT2D eigenvalue weighted by molar-refractivity contribution is 5.96. The highest BCUT2D eigenvalue weighted by Gasteiger charge is 2.49. The number of esters is 1. The molecule has 46 heavy (non-hydrogen) atoms. The van der Waals surface area contributed by atoms with Gasteiger partial charge in [0.25, 0.3) is 5.91 Å². The van der Waals surface area contributed by atoms with Crippen LogP contribution in [0.1, 0.15) is 68.9 Å². The summed E-state index contributed by atoms with van der Waals surface area (Å²) in [6.45, 7) is 6.49. The van der Waals surface area contributed by atoms with Crippen LogP contribution in [0.3, 0.4) is 0 Å². The number of rotatable bonds is 14. The summed E-state index contributed by atoms with van der Waals surface area (Å²) in [4.78, 5) is 69.5. The Bertz CT molecular complexity index is 1400. The average molecular weight is 644 g/mol. The SMILES string of the molecule is CCOC(=O)ON1CCN(C(=O)[C@H](CCC(=O)O)NC(=O)c2cc(OC3(C(=O)OCC)CCC3)n(-c3ccc(CC)cc3)n2)CC1. The van der Waals surface area contributed by atoms with E-state index in [9.17, 15) is 29.1 Å². The molecule has 1 aliphatic heterocycles. The first-order chi connectivity index (χ1) is 22.1. The van der Waals surface area contributed by atoms with Crippen molar-refractivity contribution < 1.29 is 48.1 Å². The number of nitrogens with zero attached hydrogens (tertiary/aromatic N) is 4. The van der Waals surface area contributed by atoms with E-state index in [1.54, 1.807) is 13.8 Å². The number of carboxylic acid groups (broad SMARTS) is 1. The first-order valence-corrected chi connectivity index (χ1v) is 15.6. The third-order valence-electron chi connectivity index (χ3n) is 7.87. The number of hydroxylamine groups is 2. The molecule has 1 saturated heterocycles. The molecule has 0 unspecified atom stereocenters. The number of hydrogen-bond donors (Lipinski definition) is 2. The number of piperazine rings is 1. The van der Waals surface area contributed by atoms with Crippen LogP contribution in [0.5, 0.6) is 5.88 Å². The normalized spacial score (nSPS) is 16.5. The Balaban J connectivity index is 1.54. The minimum absolute atomic E-state index is 0.0892. The van der Waals surface area contributed by atoms with Crippen molar-refractivity contribution in [3.8, 4) is 11.6 Å². The fourth-order valence-corrected chi connectivity index (χ4v) is 5.14. The van der Waals surface area contributed by atoms with Crippen molar-refractivity contribution in [1.29, 1.82) is 0 Å². The molecule has 1 aromatic heterocycles. The van der Waals surface area contributed by atoms with Gasteiger partial charge in [-0.15, -0.1) is 5.06 Å². The van der Waals surface area contributed by atoms with Crippen LogP contribution in [0.25, 0.3) is 5.69 Å². The summed E-state index contributed by atoms with van der Waals surface area (Å²) in [7, 11) is 0. The molecule has 2 heterocycles. The van der Waals surface area contributed by atoms with E-state index in [1.807, 2.05) is 31.2 Å². The van der Waals surface area contributed by atoms with Crippen molar-refractivity contribution in [3.63, 3.8) is 0 Å². The van der Waals surface area contributed by atoms with Crippen molar-refractivity contribution in [2.75, 3.05) is 39.4 Å². The smallest absolute Gasteiger partial charge is 0.481 e. The maximum absolute atomic E-state index is 13.6. The molecular formula is C31H41N5O10. The Hall–Kier alpha value is -4.66. The molecule has 2 amide bonds. The van der Waals surface area contributed by atoms with Crippen LogP contribution in [0.15, 0.2) is 30.3 Å². The highest BCUT2D eigenvalue weighted by Crippen LogP contribution is 2.38. The monoisotopic (exact) mass is 643 g/mol. The van der Waals surface area contributed by atoms with Crippen molar-refractivity contribution in [2.45, 2.75) is 70.9 Å². The lowest BCUT2D eigenvalue weighted by Crippen LogP contribution is -2.55. The van der Waals surface area contributed by atoms with Gasteiger partial charge in [0, 0.05) is 25.6 Å². The van der Waals surface area contributed by atoms with Crippen LogP contribution >= 0.6 is 0 Å². The zero-order chi connectivity index (χ0) is 33.3. The van der Waals surface area contributed by atoms with Crippen LogP contribution in [0.2, 0.25) is 0 Å². The molecule has 0 bridgehead atoms. The number of carboxylic acids is 1. The molecule has 1 aliphatic carbocycles. The van der Waals surface area contributed by atoms with Crippen molar-refractivity contribution in [2.24, 2.45) is 0 Å². The number of aromatic nitrogens is 2. The first-order valence-electron chi connectivity index (χ1n) is 15.6. The number of hydrogen-bond acceptors (Lipinski definition) is 11.